The van der Waals surface area contributed by atoms with Crippen LogP contribution >= 0.6 is 23.4 Å². The molecule has 0 aliphatic heterocycles. The van der Waals surface area contributed by atoms with Gasteiger partial charge in [0.2, 0.25) is 0 Å². The Kier molecular flexibility index (Phi) is 7.65. The lowest BCUT2D eigenvalue weighted by Gasteiger charge is -2.12. The maximum atomic E-state index is 5.78. The van der Waals surface area contributed by atoms with Crippen molar-refractivity contribution in [2.45, 2.75) is 44.2 Å². The summed E-state index contributed by atoms with van der Waals surface area (Å²) in [6, 6.07) is 4.49. The third kappa shape index (κ3) is 6.92. The second-order valence-corrected chi connectivity index (χ2v) is 5.71. The summed E-state index contributed by atoms with van der Waals surface area (Å²) in [6.07, 6.45) is 5.34. The first kappa shape index (κ1) is 14.8. The number of aromatic nitrogens is 1. The van der Waals surface area contributed by atoms with Crippen LogP contribution in [0.2, 0.25) is 5.02 Å². The fourth-order valence-corrected chi connectivity index (χ4v) is 2.43. The average molecular weight is 273 g/mol. The van der Waals surface area contributed by atoms with Crippen molar-refractivity contribution in [1.29, 1.82) is 0 Å². The van der Waals surface area contributed by atoms with E-state index in [0.717, 1.165) is 17.3 Å². The third-order valence-corrected chi connectivity index (χ3v) is 3.73. The van der Waals surface area contributed by atoms with Crippen molar-refractivity contribution >= 4 is 23.4 Å². The molecule has 0 radical (unpaired) electrons. The molecule has 0 saturated carbocycles. The van der Waals surface area contributed by atoms with Gasteiger partial charge in [0.05, 0.1) is 10.0 Å². The summed E-state index contributed by atoms with van der Waals surface area (Å²) >= 11 is 7.58. The summed E-state index contributed by atoms with van der Waals surface area (Å²) in [4.78, 5) is 4.26. The van der Waals surface area contributed by atoms with Crippen LogP contribution in [0.3, 0.4) is 0 Å². The van der Waals surface area contributed by atoms with Gasteiger partial charge in [-0.2, -0.15) is 0 Å². The number of thioether (sulfide) groups is 1. The second kappa shape index (κ2) is 8.78. The molecular formula is C13H21ClN2S. The van der Waals surface area contributed by atoms with Gasteiger partial charge < -0.3 is 5.32 Å². The van der Waals surface area contributed by atoms with E-state index in [4.69, 9.17) is 11.6 Å². The fraction of sp³-hybridized carbons (Fsp3) is 0.615. The van der Waals surface area contributed by atoms with Crippen LogP contribution < -0.4 is 5.32 Å². The van der Waals surface area contributed by atoms with Crippen LogP contribution in [0.1, 0.15) is 33.1 Å². The number of pyridine rings is 1. The molecule has 0 aliphatic rings. The number of rotatable bonds is 8. The van der Waals surface area contributed by atoms with E-state index in [1.807, 2.05) is 12.1 Å². The maximum Gasteiger partial charge on any atom is 0.0960 e. The van der Waals surface area contributed by atoms with Gasteiger partial charge in [-0.05, 0) is 50.6 Å². The van der Waals surface area contributed by atoms with Gasteiger partial charge in [-0.15, -0.1) is 11.8 Å². The highest BCUT2D eigenvalue weighted by Crippen LogP contribution is 2.18. The number of hydrogen-bond donors (Lipinski definition) is 1. The van der Waals surface area contributed by atoms with Gasteiger partial charge in [0.1, 0.15) is 0 Å². The maximum absolute atomic E-state index is 5.78. The van der Waals surface area contributed by atoms with Crippen molar-refractivity contribution in [1.82, 2.24) is 10.3 Å². The normalized spacial score (nSPS) is 12.6. The Labute approximate surface area is 114 Å². The fourth-order valence-electron chi connectivity index (χ4n) is 1.51. The molecule has 1 atom stereocenters. The van der Waals surface area contributed by atoms with Crippen LogP contribution in [-0.2, 0) is 0 Å². The number of hydrogen-bond acceptors (Lipinski definition) is 3. The van der Waals surface area contributed by atoms with Gasteiger partial charge in [-0.25, -0.2) is 4.98 Å². The summed E-state index contributed by atoms with van der Waals surface area (Å²) in [5.41, 5.74) is 0. The Balaban J connectivity index is 2.09. The Morgan fingerprint density at radius 3 is 2.94 bits per heavy atom. The quantitative estimate of drug-likeness (QED) is 0.572. The van der Waals surface area contributed by atoms with E-state index in [2.05, 4.69) is 24.1 Å². The zero-order chi connectivity index (χ0) is 12.5. The molecule has 0 aromatic carbocycles. The van der Waals surface area contributed by atoms with E-state index < -0.39 is 0 Å². The standard InChI is InChI=1S/C13H21ClN2S/c1-3-8-15-11(2)5-4-9-17-13-7-6-12(14)10-16-13/h6-7,10-11,15H,3-5,8-9H2,1-2H3. The molecule has 1 heterocycles. The molecule has 2 nitrogen and oxygen atoms in total. The highest BCUT2D eigenvalue weighted by Gasteiger charge is 2.01. The highest BCUT2D eigenvalue weighted by atomic mass is 35.5. The minimum absolute atomic E-state index is 0.619. The number of halogens is 1. The zero-order valence-electron chi connectivity index (χ0n) is 10.6. The van der Waals surface area contributed by atoms with E-state index in [9.17, 15) is 0 Å². The highest BCUT2D eigenvalue weighted by molar-refractivity contribution is 7.99. The molecular weight excluding hydrogens is 252 g/mol. The van der Waals surface area contributed by atoms with Crippen LogP contribution in [0.25, 0.3) is 0 Å². The average Bonchev–Trinajstić information content (AvgIpc) is 2.34. The Morgan fingerprint density at radius 1 is 1.47 bits per heavy atom. The van der Waals surface area contributed by atoms with E-state index in [-0.39, 0.29) is 0 Å². The molecule has 0 saturated heterocycles. The molecule has 0 fully saturated rings. The van der Waals surface area contributed by atoms with E-state index in [0.29, 0.717) is 11.1 Å². The van der Waals surface area contributed by atoms with Crippen LogP contribution in [-0.4, -0.2) is 23.3 Å². The van der Waals surface area contributed by atoms with Crippen molar-refractivity contribution in [2.24, 2.45) is 0 Å². The number of nitrogens with zero attached hydrogens (tertiary/aromatic N) is 1. The van der Waals surface area contributed by atoms with Crippen molar-refractivity contribution in [3.8, 4) is 0 Å². The summed E-state index contributed by atoms with van der Waals surface area (Å²) < 4.78 is 0. The SMILES string of the molecule is CCCNC(C)CCCSc1ccc(Cl)cn1. The van der Waals surface area contributed by atoms with Gasteiger partial charge >= 0.3 is 0 Å². The molecule has 1 aromatic heterocycles. The minimum Gasteiger partial charge on any atom is -0.314 e. The summed E-state index contributed by atoms with van der Waals surface area (Å²) in [7, 11) is 0. The summed E-state index contributed by atoms with van der Waals surface area (Å²) in [6.45, 7) is 5.57. The molecule has 0 bridgehead atoms. The monoisotopic (exact) mass is 272 g/mol. The molecule has 4 heteroatoms. The van der Waals surface area contributed by atoms with E-state index >= 15 is 0 Å². The largest absolute Gasteiger partial charge is 0.314 e. The lowest BCUT2D eigenvalue weighted by molar-refractivity contribution is 0.510. The van der Waals surface area contributed by atoms with Crippen molar-refractivity contribution in [3.63, 3.8) is 0 Å². The summed E-state index contributed by atoms with van der Waals surface area (Å²) in [5.74, 6) is 1.12. The molecule has 17 heavy (non-hydrogen) atoms. The Morgan fingerprint density at radius 2 is 2.29 bits per heavy atom. The third-order valence-electron chi connectivity index (χ3n) is 2.47. The predicted molar refractivity (Wildman–Crippen MR) is 77.0 cm³/mol. The van der Waals surface area contributed by atoms with Crippen molar-refractivity contribution < 1.29 is 0 Å². The first-order valence-electron chi connectivity index (χ1n) is 6.20. The topological polar surface area (TPSA) is 24.9 Å². The second-order valence-electron chi connectivity index (χ2n) is 4.16. The van der Waals surface area contributed by atoms with Crippen LogP contribution in [0.5, 0.6) is 0 Å². The van der Waals surface area contributed by atoms with Gasteiger partial charge in [-0.3, -0.25) is 0 Å². The van der Waals surface area contributed by atoms with Gasteiger partial charge in [0, 0.05) is 12.2 Å². The molecule has 1 N–H and O–H groups in total. The van der Waals surface area contributed by atoms with Crippen molar-refractivity contribution in [3.05, 3.63) is 23.4 Å². The Bertz CT molecular complexity index is 303. The van der Waals surface area contributed by atoms with Crippen molar-refractivity contribution in [2.75, 3.05) is 12.3 Å². The molecule has 1 aromatic rings. The lowest BCUT2D eigenvalue weighted by Crippen LogP contribution is -2.26. The molecule has 96 valence electrons. The minimum atomic E-state index is 0.619. The van der Waals surface area contributed by atoms with E-state index in [1.54, 1.807) is 18.0 Å². The first-order valence-corrected chi connectivity index (χ1v) is 7.56. The van der Waals surface area contributed by atoms with E-state index in [1.165, 1.54) is 19.3 Å². The van der Waals surface area contributed by atoms with Gasteiger partial charge in [-0.1, -0.05) is 18.5 Å². The lowest BCUT2D eigenvalue weighted by atomic mass is 10.2. The zero-order valence-corrected chi connectivity index (χ0v) is 12.2. The Hall–Kier alpha value is -0.250. The van der Waals surface area contributed by atoms with Crippen LogP contribution in [0.4, 0.5) is 0 Å². The first-order chi connectivity index (χ1) is 8.22. The van der Waals surface area contributed by atoms with Crippen LogP contribution in [0, 0.1) is 0 Å². The molecule has 0 amide bonds. The van der Waals surface area contributed by atoms with Gasteiger partial charge in [0.25, 0.3) is 0 Å². The number of nitrogens with one attached hydrogen (secondary N) is 1. The van der Waals surface area contributed by atoms with Crippen LogP contribution in [0.15, 0.2) is 23.4 Å². The smallest absolute Gasteiger partial charge is 0.0960 e. The molecule has 1 unspecified atom stereocenters. The molecule has 0 aliphatic carbocycles. The summed E-state index contributed by atoms with van der Waals surface area (Å²) in [5, 5.41) is 5.26. The van der Waals surface area contributed by atoms with Gasteiger partial charge in [0.15, 0.2) is 0 Å². The molecule has 1 rings (SSSR count). The predicted octanol–water partition coefficient (Wildman–Crippen LogP) is 4.00. The molecule has 0 spiro atoms.